The molecule has 0 spiro atoms. The second-order valence-electron chi connectivity index (χ2n) is 7.03. The second-order valence-corrected chi connectivity index (χ2v) is 7.46. The van der Waals surface area contributed by atoms with E-state index < -0.39 is 11.7 Å². The van der Waals surface area contributed by atoms with E-state index in [0.29, 0.717) is 11.6 Å². The zero-order chi connectivity index (χ0) is 19.4. The zero-order valence-corrected chi connectivity index (χ0v) is 16.3. The fourth-order valence-corrected chi connectivity index (χ4v) is 3.65. The summed E-state index contributed by atoms with van der Waals surface area (Å²) in [6, 6.07) is 11.9. The van der Waals surface area contributed by atoms with Gasteiger partial charge in [0, 0.05) is 31.2 Å². The van der Waals surface area contributed by atoms with Gasteiger partial charge in [-0.25, -0.2) is 4.39 Å². The number of hydrogen-bond donors (Lipinski definition) is 1. The monoisotopic (exact) mass is 390 g/mol. The summed E-state index contributed by atoms with van der Waals surface area (Å²) in [5, 5.41) is 3.13. The molecule has 1 fully saturated rings. The minimum atomic E-state index is -0.582. The molecule has 3 rings (SSSR count). The third kappa shape index (κ3) is 5.28. The largest absolute Gasteiger partial charge is 0.373 e. The second kappa shape index (κ2) is 8.83. The number of rotatable bonds is 5. The Morgan fingerprint density at radius 2 is 1.85 bits per heavy atom. The normalized spacial score (nSPS) is 20.4. The van der Waals surface area contributed by atoms with E-state index in [9.17, 15) is 9.18 Å². The molecule has 2 atom stereocenters. The Morgan fingerprint density at radius 3 is 2.56 bits per heavy atom. The highest BCUT2D eigenvalue weighted by Gasteiger charge is 2.22. The number of carbonyl (C=O) groups excluding carboxylic acids is 1. The Bertz CT molecular complexity index is 805. The van der Waals surface area contributed by atoms with Crippen LogP contribution in [0.2, 0.25) is 5.02 Å². The van der Waals surface area contributed by atoms with Crippen molar-refractivity contribution in [3.63, 3.8) is 0 Å². The maximum absolute atomic E-state index is 13.9. The van der Waals surface area contributed by atoms with Crippen molar-refractivity contribution in [3.05, 3.63) is 70.0 Å². The number of morpholine rings is 1. The lowest BCUT2D eigenvalue weighted by molar-refractivity contribution is -0.0705. The van der Waals surface area contributed by atoms with Gasteiger partial charge in [-0.2, -0.15) is 0 Å². The van der Waals surface area contributed by atoms with Crippen molar-refractivity contribution in [1.29, 1.82) is 0 Å². The molecule has 0 bridgehead atoms. The average molecular weight is 391 g/mol. The van der Waals surface area contributed by atoms with E-state index in [1.165, 1.54) is 18.2 Å². The van der Waals surface area contributed by atoms with E-state index in [2.05, 4.69) is 30.1 Å². The number of halogens is 2. The molecule has 1 saturated heterocycles. The average Bonchev–Trinajstić information content (AvgIpc) is 2.62. The van der Waals surface area contributed by atoms with E-state index >= 15 is 0 Å². The lowest BCUT2D eigenvalue weighted by Crippen LogP contribution is -2.45. The van der Waals surface area contributed by atoms with Gasteiger partial charge in [0.1, 0.15) is 5.82 Å². The van der Waals surface area contributed by atoms with Gasteiger partial charge in [-0.15, -0.1) is 0 Å². The van der Waals surface area contributed by atoms with Crippen LogP contribution in [0.4, 0.5) is 4.39 Å². The number of ether oxygens (including phenoxy) is 1. The van der Waals surface area contributed by atoms with Crippen molar-refractivity contribution in [3.8, 4) is 0 Å². The van der Waals surface area contributed by atoms with Crippen LogP contribution < -0.4 is 5.32 Å². The molecule has 4 nitrogen and oxygen atoms in total. The highest BCUT2D eigenvalue weighted by molar-refractivity contribution is 6.31. The molecule has 6 heteroatoms. The molecule has 0 saturated carbocycles. The third-order valence-electron chi connectivity index (χ3n) is 4.62. The number of nitrogens with zero attached hydrogens (tertiary/aromatic N) is 1. The first-order valence-electron chi connectivity index (χ1n) is 9.10. The molecule has 144 valence electrons. The molecular weight excluding hydrogens is 367 g/mol. The van der Waals surface area contributed by atoms with Crippen molar-refractivity contribution in [2.24, 2.45) is 0 Å². The van der Waals surface area contributed by atoms with Gasteiger partial charge in [-0.3, -0.25) is 9.69 Å². The van der Waals surface area contributed by atoms with Gasteiger partial charge in [0.05, 0.1) is 17.8 Å². The van der Waals surface area contributed by atoms with Gasteiger partial charge in [-0.05, 0) is 43.2 Å². The fourth-order valence-electron chi connectivity index (χ4n) is 3.48. The predicted molar refractivity (Wildman–Crippen MR) is 104 cm³/mol. The molecule has 2 aromatic carbocycles. The highest BCUT2D eigenvalue weighted by Crippen LogP contribution is 2.18. The van der Waals surface area contributed by atoms with Crippen LogP contribution in [-0.4, -0.2) is 36.1 Å². The summed E-state index contributed by atoms with van der Waals surface area (Å²) in [4.78, 5) is 14.7. The summed E-state index contributed by atoms with van der Waals surface area (Å²) in [6.45, 7) is 7.02. The lowest BCUT2D eigenvalue weighted by Gasteiger charge is -2.35. The van der Waals surface area contributed by atoms with E-state index in [0.717, 1.165) is 30.8 Å². The molecule has 1 amide bonds. The van der Waals surface area contributed by atoms with Crippen LogP contribution in [0.1, 0.15) is 35.3 Å². The number of nitrogens with one attached hydrogen (secondary N) is 1. The van der Waals surface area contributed by atoms with Gasteiger partial charge < -0.3 is 10.1 Å². The first kappa shape index (κ1) is 19.8. The Balaban J connectivity index is 1.67. The first-order valence-corrected chi connectivity index (χ1v) is 9.48. The number of benzene rings is 2. The molecular formula is C21H24ClFN2O2. The fraction of sp³-hybridized carbons (Fsp3) is 0.381. The molecule has 0 unspecified atom stereocenters. The molecule has 0 radical (unpaired) electrons. The molecule has 1 N–H and O–H groups in total. The third-order valence-corrected chi connectivity index (χ3v) is 4.86. The van der Waals surface area contributed by atoms with Gasteiger partial charge in [0.15, 0.2) is 0 Å². The molecule has 27 heavy (non-hydrogen) atoms. The zero-order valence-electron chi connectivity index (χ0n) is 15.5. The van der Waals surface area contributed by atoms with Crippen LogP contribution in [-0.2, 0) is 17.8 Å². The Hall–Kier alpha value is -1.95. The van der Waals surface area contributed by atoms with Crippen LogP contribution in [0.5, 0.6) is 0 Å². The van der Waals surface area contributed by atoms with E-state index in [4.69, 9.17) is 16.3 Å². The van der Waals surface area contributed by atoms with Gasteiger partial charge >= 0.3 is 0 Å². The van der Waals surface area contributed by atoms with Gasteiger partial charge in [0.2, 0.25) is 0 Å². The smallest absolute Gasteiger partial charge is 0.254 e. The molecule has 2 aromatic rings. The summed E-state index contributed by atoms with van der Waals surface area (Å²) < 4.78 is 19.7. The summed E-state index contributed by atoms with van der Waals surface area (Å²) in [6.07, 6.45) is 0.401. The van der Waals surface area contributed by atoms with Crippen molar-refractivity contribution in [2.45, 2.75) is 39.1 Å². The lowest BCUT2D eigenvalue weighted by atomic mass is 10.1. The number of amides is 1. The Morgan fingerprint density at radius 1 is 1.19 bits per heavy atom. The maximum atomic E-state index is 13.9. The summed E-state index contributed by atoms with van der Waals surface area (Å²) >= 11 is 5.87. The summed E-state index contributed by atoms with van der Waals surface area (Å²) in [5.41, 5.74) is 2.11. The number of hydrogen-bond acceptors (Lipinski definition) is 3. The van der Waals surface area contributed by atoms with Crippen molar-refractivity contribution in [1.82, 2.24) is 10.2 Å². The van der Waals surface area contributed by atoms with Crippen molar-refractivity contribution in [2.75, 3.05) is 13.1 Å². The molecule has 0 aromatic heterocycles. The molecule has 1 heterocycles. The van der Waals surface area contributed by atoms with Crippen LogP contribution >= 0.6 is 11.6 Å². The molecule has 1 aliphatic heterocycles. The maximum Gasteiger partial charge on any atom is 0.254 e. The molecule has 1 aliphatic rings. The van der Waals surface area contributed by atoms with Crippen LogP contribution in [0.15, 0.2) is 42.5 Å². The minimum absolute atomic E-state index is 0.0455. The van der Waals surface area contributed by atoms with Crippen molar-refractivity contribution < 1.29 is 13.9 Å². The van der Waals surface area contributed by atoms with Gasteiger partial charge in [0.25, 0.3) is 5.91 Å². The Labute approximate surface area is 164 Å². The van der Waals surface area contributed by atoms with Crippen molar-refractivity contribution >= 4 is 17.5 Å². The topological polar surface area (TPSA) is 41.6 Å². The van der Waals surface area contributed by atoms with Crippen LogP contribution in [0, 0.1) is 5.82 Å². The SMILES string of the molecule is C[C@@H]1CN(Cc2ccccc2CNC(=O)c2cc(Cl)ccc2F)C[C@H](C)O1. The van der Waals surface area contributed by atoms with E-state index in [-0.39, 0.29) is 17.8 Å². The van der Waals surface area contributed by atoms with Crippen LogP contribution in [0.25, 0.3) is 0 Å². The Kier molecular flexibility index (Phi) is 6.47. The van der Waals surface area contributed by atoms with E-state index in [1.54, 1.807) is 0 Å². The van der Waals surface area contributed by atoms with E-state index in [1.807, 2.05) is 18.2 Å². The summed E-state index contributed by atoms with van der Waals surface area (Å²) in [7, 11) is 0. The standard InChI is InChI=1S/C21H24ClFN2O2/c1-14-11-25(12-15(2)27-14)13-17-6-4-3-5-16(17)10-24-21(26)19-9-18(22)7-8-20(19)23/h3-9,14-15H,10-13H2,1-2H3,(H,24,26)/t14-,15+. The highest BCUT2D eigenvalue weighted by atomic mass is 35.5. The number of carbonyl (C=O) groups is 1. The molecule has 0 aliphatic carbocycles. The quantitative estimate of drug-likeness (QED) is 0.838. The van der Waals surface area contributed by atoms with Gasteiger partial charge in [-0.1, -0.05) is 35.9 Å². The first-order chi connectivity index (χ1) is 12.9. The minimum Gasteiger partial charge on any atom is -0.373 e. The predicted octanol–water partition coefficient (Wildman–Crippen LogP) is 4.02. The summed E-state index contributed by atoms with van der Waals surface area (Å²) in [5.74, 6) is -1.06. The van der Waals surface area contributed by atoms with Crippen LogP contribution in [0.3, 0.4) is 0 Å².